The molecule has 9 nitrogen and oxygen atoms in total. The third kappa shape index (κ3) is 4.53. The molecule has 0 aliphatic carbocycles. The van der Waals surface area contributed by atoms with E-state index in [1.807, 2.05) is 0 Å². The van der Waals surface area contributed by atoms with Gasteiger partial charge in [0.1, 0.15) is 0 Å². The first-order valence-electron chi connectivity index (χ1n) is 8.57. The van der Waals surface area contributed by atoms with Gasteiger partial charge in [-0.25, -0.2) is 8.42 Å². The lowest BCUT2D eigenvalue weighted by Gasteiger charge is -2.26. The largest absolute Gasteiger partial charge is 0.379 e. The number of ketones is 1. The minimum absolute atomic E-state index is 0.0436. The summed E-state index contributed by atoms with van der Waals surface area (Å²) < 4.78 is 32.0. The molecule has 0 amide bonds. The fraction of sp³-hybridized carbons (Fsp3) is 0.278. The van der Waals surface area contributed by atoms with Gasteiger partial charge in [-0.1, -0.05) is 12.1 Å². The molecule has 1 aliphatic rings. The number of nitro benzene ring substituents is 1. The zero-order valence-electron chi connectivity index (χ0n) is 14.9. The molecule has 0 radical (unpaired) electrons. The number of nitrogens with one attached hydrogen (secondary N) is 1. The Bertz CT molecular complexity index is 969. The molecular weight excluding hydrogens is 386 g/mol. The number of sulfonamides is 1. The Morgan fingerprint density at radius 3 is 2.46 bits per heavy atom. The summed E-state index contributed by atoms with van der Waals surface area (Å²) in [6.45, 7) is 1.18. The molecule has 28 heavy (non-hydrogen) atoms. The second kappa shape index (κ2) is 8.46. The first kappa shape index (κ1) is 19.9. The first-order valence-corrected chi connectivity index (χ1v) is 10.0. The third-order valence-corrected chi connectivity index (χ3v) is 6.19. The summed E-state index contributed by atoms with van der Waals surface area (Å²) in [5.41, 5.74) is 0.776. The normalized spacial score (nSPS) is 15.1. The third-order valence-electron chi connectivity index (χ3n) is 4.30. The van der Waals surface area contributed by atoms with Crippen LogP contribution in [0.25, 0.3) is 0 Å². The van der Waals surface area contributed by atoms with Crippen LogP contribution in [-0.4, -0.2) is 56.3 Å². The highest BCUT2D eigenvalue weighted by molar-refractivity contribution is 7.89. The molecular formula is C18H19N3O6S. The van der Waals surface area contributed by atoms with Gasteiger partial charge in [-0.05, 0) is 24.3 Å². The predicted octanol–water partition coefficient (Wildman–Crippen LogP) is 1.91. The smallest absolute Gasteiger partial charge is 0.269 e. The number of anilines is 1. The maximum atomic E-state index is 12.7. The number of hydrogen-bond acceptors (Lipinski definition) is 7. The highest BCUT2D eigenvalue weighted by Gasteiger charge is 2.26. The zero-order valence-corrected chi connectivity index (χ0v) is 15.7. The van der Waals surface area contributed by atoms with Crippen LogP contribution in [0.1, 0.15) is 10.4 Å². The number of benzene rings is 2. The van der Waals surface area contributed by atoms with Crippen molar-refractivity contribution in [2.24, 2.45) is 0 Å². The van der Waals surface area contributed by atoms with Crippen LogP contribution in [0.5, 0.6) is 0 Å². The number of nitrogens with zero attached hydrogens (tertiary/aromatic N) is 2. The summed E-state index contributed by atoms with van der Waals surface area (Å²) in [5.74, 6) is -0.294. The van der Waals surface area contributed by atoms with Crippen LogP contribution in [0, 0.1) is 10.1 Å². The van der Waals surface area contributed by atoms with Crippen LogP contribution < -0.4 is 5.32 Å². The van der Waals surface area contributed by atoms with Crippen LogP contribution >= 0.6 is 0 Å². The summed E-state index contributed by atoms with van der Waals surface area (Å²) in [6, 6.07) is 11.6. The van der Waals surface area contributed by atoms with Crippen molar-refractivity contribution >= 4 is 27.2 Å². The monoisotopic (exact) mass is 405 g/mol. The van der Waals surface area contributed by atoms with E-state index < -0.39 is 14.9 Å². The van der Waals surface area contributed by atoms with E-state index in [0.717, 1.165) is 0 Å². The molecule has 1 saturated heterocycles. The second-order valence-electron chi connectivity index (χ2n) is 6.13. The van der Waals surface area contributed by atoms with Crippen molar-refractivity contribution in [3.05, 3.63) is 64.2 Å². The molecule has 1 heterocycles. The summed E-state index contributed by atoms with van der Waals surface area (Å²) in [6.07, 6.45) is 0. The Kier molecular flexibility index (Phi) is 6.02. The zero-order chi connectivity index (χ0) is 20.1. The van der Waals surface area contributed by atoms with Gasteiger partial charge >= 0.3 is 0 Å². The number of hydrogen-bond donors (Lipinski definition) is 1. The number of carbonyl (C=O) groups excluding carboxylic acids is 1. The molecule has 0 saturated carbocycles. The standard InChI is InChI=1S/C18H19N3O6S/c22-18(13-19-15-4-6-16(7-5-15)21(23)24)14-2-1-3-17(12-14)28(25,26)20-8-10-27-11-9-20/h1-7,12,19H,8-11,13H2. The van der Waals surface area contributed by atoms with Crippen molar-refractivity contribution in [1.29, 1.82) is 0 Å². The van der Waals surface area contributed by atoms with Gasteiger partial charge in [0.25, 0.3) is 5.69 Å². The molecule has 3 rings (SSSR count). The van der Waals surface area contributed by atoms with Gasteiger partial charge in [0, 0.05) is 36.5 Å². The highest BCUT2D eigenvalue weighted by atomic mass is 32.2. The van der Waals surface area contributed by atoms with Crippen LogP contribution in [0.3, 0.4) is 0 Å². The van der Waals surface area contributed by atoms with E-state index in [1.54, 1.807) is 6.07 Å². The van der Waals surface area contributed by atoms with Crippen molar-refractivity contribution < 1.29 is 22.9 Å². The van der Waals surface area contributed by atoms with Crippen LogP contribution in [0.2, 0.25) is 0 Å². The van der Waals surface area contributed by atoms with Gasteiger partial charge in [-0.3, -0.25) is 14.9 Å². The van der Waals surface area contributed by atoms with E-state index in [4.69, 9.17) is 4.74 Å². The fourth-order valence-electron chi connectivity index (χ4n) is 2.75. The Balaban J connectivity index is 1.69. The topological polar surface area (TPSA) is 119 Å². The van der Waals surface area contributed by atoms with Gasteiger partial charge < -0.3 is 10.1 Å². The number of rotatable bonds is 7. The minimum atomic E-state index is -3.68. The number of ether oxygens (including phenoxy) is 1. The van der Waals surface area contributed by atoms with Crippen molar-refractivity contribution in [2.45, 2.75) is 4.90 Å². The number of morpholine rings is 1. The number of non-ortho nitro benzene ring substituents is 1. The van der Waals surface area contributed by atoms with E-state index >= 15 is 0 Å². The highest BCUT2D eigenvalue weighted by Crippen LogP contribution is 2.19. The maximum Gasteiger partial charge on any atom is 0.269 e. The molecule has 10 heteroatoms. The van der Waals surface area contributed by atoms with Gasteiger partial charge in [0.15, 0.2) is 5.78 Å². The number of nitro groups is 1. The van der Waals surface area contributed by atoms with E-state index in [0.29, 0.717) is 18.9 Å². The molecule has 1 N–H and O–H groups in total. The molecule has 0 spiro atoms. The maximum absolute atomic E-state index is 12.7. The van der Waals surface area contributed by atoms with Gasteiger partial charge in [-0.15, -0.1) is 0 Å². The molecule has 0 atom stereocenters. The van der Waals surface area contributed by atoms with Crippen molar-refractivity contribution in [3.63, 3.8) is 0 Å². The quantitative estimate of drug-likeness (QED) is 0.424. The van der Waals surface area contributed by atoms with E-state index in [9.17, 15) is 23.3 Å². The Morgan fingerprint density at radius 2 is 1.82 bits per heavy atom. The Morgan fingerprint density at radius 1 is 1.14 bits per heavy atom. The lowest BCUT2D eigenvalue weighted by atomic mass is 10.1. The molecule has 2 aromatic rings. The van der Waals surface area contributed by atoms with Crippen molar-refractivity contribution in [1.82, 2.24) is 4.31 Å². The summed E-state index contributed by atoms with van der Waals surface area (Å²) >= 11 is 0. The number of Topliss-reactive ketones (excluding diaryl/α,β-unsaturated/α-hetero) is 1. The molecule has 0 unspecified atom stereocenters. The fourth-order valence-corrected chi connectivity index (χ4v) is 4.21. The molecule has 1 fully saturated rings. The molecule has 148 valence electrons. The summed E-state index contributed by atoms with van der Waals surface area (Å²) in [7, 11) is -3.68. The van der Waals surface area contributed by atoms with Crippen molar-refractivity contribution in [2.75, 3.05) is 38.2 Å². The Labute approximate surface area is 162 Å². The second-order valence-corrected chi connectivity index (χ2v) is 8.06. The SMILES string of the molecule is O=C(CNc1ccc([N+](=O)[O-])cc1)c1cccc(S(=O)(=O)N2CCOCC2)c1. The van der Waals surface area contributed by atoms with Gasteiger partial charge in [-0.2, -0.15) is 4.31 Å². The van der Waals surface area contributed by atoms with E-state index in [2.05, 4.69) is 5.32 Å². The average Bonchev–Trinajstić information content (AvgIpc) is 2.73. The lowest BCUT2D eigenvalue weighted by Crippen LogP contribution is -2.40. The Hall–Kier alpha value is -2.82. The summed E-state index contributed by atoms with van der Waals surface area (Å²) in [5, 5.41) is 13.5. The van der Waals surface area contributed by atoms with Crippen molar-refractivity contribution in [3.8, 4) is 0 Å². The lowest BCUT2D eigenvalue weighted by molar-refractivity contribution is -0.384. The molecule has 0 aromatic heterocycles. The minimum Gasteiger partial charge on any atom is -0.379 e. The van der Waals surface area contributed by atoms with Crippen LogP contribution in [-0.2, 0) is 14.8 Å². The van der Waals surface area contributed by atoms with Crippen LogP contribution in [0.4, 0.5) is 11.4 Å². The van der Waals surface area contributed by atoms with Crippen LogP contribution in [0.15, 0.2) is 53.4 Å². The van der Waals surface area contributed by atoms with Gasteiger partial charge in [0.2, 0.25) is 10.0 Å². The van der Waals surface area contributed by atoms with Gasteiger partial charge in [0.05, 0.1) is 29.6 Å². The molecule has 0 bridgehead atoms. The molecule has 1 aliphatic heterocycles. The molecule has 2 aromatic carbocycles. The first-order chi connectivity index (χ1) is 13.4. The summed E-state index contributed by atoms with van der Waals surface area (Å²) in [4.78, 5) is 22.7. The van der Waals surface area contributed by atoms with E-state index in [1.165, 1.54) is 46.8 Å². The predicted molar refractivity (Wildman–Crippen MR) is 102 cm³/mol. The number of carbonyl (C=O) groups is 1. The van der Waals surface area contributed by atoms with E-state index in [-0.39, 0.29) is 41.6 Å². The average molecular weight is 405 g/mol.